The van der Waals surface area contributed by atoms with Crippen molar-refractivity contribution in [2.24, 2.45) is 0 Å². The van der Waals surface area contributed by atoms with E-state index in [0.717, 1.165) is 10.8 Å². The van der Waals surface area contributed by atoms with Crippen molar-refractivity contribution >= 4 is 34.2 Å². The first-order chi connectivity index (χ1) is 12.0. The highest BCUT2D eigenvalue weighted by atomic mass is 35.5. The van der Waals surface area contributed by atoms with E-state index in [9.17, 15) is 9.59 Å². The summed E-state index contributed by atoms with van der Waals surface area (Å²) in [7, 11) is 0. The Morgan fingerprint density at radius 3 is 2.23 bits per heavy atom. The number of carbonyl (C=O) groups excluding carboxylic acids is 2. The molecule has 0 aliphatic carbocycles. The molecule has 5 nitrogen and oxygen atoms in total. The van der Waals surface area contributed by atoms with E-state index in [2.05, 4.69) is 5.32 Å². The third-order valence-electron chi connectivity index (χ3n) is 3.56. The van der Waals surface area contributed by atoms with Crippen molar-refractivity contribution in [2.45, 2.75) is 45.8 Å². The van der Waals surface area contributed by atoms with Crippen LogP contribution in [0.2, 0.25) is 5.02 Å². The number of hydrogen-bond acceptors (Lipinski definition) is 4. The van der Waals surface area contributed by atoms with Gasteiger partial charge in [0.2, 0.25) is 0 Å². The Kier molecular flexibility index (Phi) is 5.81. The summed E-state index contributed by atoms with van der Waals surface area (Å²) in [4.78, 5) is 24.2. The summed E-state index contributed by atoms with van der Waals surface area (Å²) < 4.78 is 11.1. The highest BCUT2D eigenvalue weighted by molar-refractivity contribution is 6.35. The van der Waals surface area contributed by atoms with Crippen molar-refractivity contribution in [2.75, 3.05) is 6.54 Å². The summed E-state index contributed by atoms with van der Waals surface area (Å²) in [5, 5.41) is 4.83. The Labute approximate surface area is 158 Å². The van der Waals surface area contributed by atoms with Crippen molar-refractivity contribution in [1.82, 2.24) is 5.32 Å². The van der Waals surface area contributed by atoms with Crippen LogP contribution < -0.4 is 10.1 Å². The first kappa shape index (κ1) is 20.0. The number of fused-ring (bicyclic) bond motifs is 1. The number of nitrogens with one attached hydrogen (secondary N) is 1. The zero-order valence-electron chi connectivity index (χ0n) is 15.7. The van der Waals surface area contributed by atoms with Crippen molar-refractivity contribution in [3.05, 3.63) is 41.4 Å². The molecule has 0 aliphatic rings. The average molecular weight is 378 g/mol. The van der Waals surface area contributed by atoms with E-state index in [-0.39, 0.29) is 6.54 Å². The van der Waals surface area contributed by atoms with Gasteiger partial charge in [-0.3, -0.25) is 9.59 Å². The molecule has 0 unspecified atom stereocenters. The van der Waals surface area contributed by atoms with Gasteiger partial charge in [-0.1, -0.05) is 35.9 Å². The molecule has 2 aromatic rings. The predicted octanol–water partition coefficient (Wildman–Crippen LogP) is 4.11. The lowest BCUT2D eigenvalue weighted by Gasteiger charge is -2.26. The largest absolute Gasteiger partial charge is 0.477 e. The SMILES string of the molecule is CC(C)(C)OC(=O)CNC(=O)C(C)(C)Oc1ccc(Cl)c2ccccc12. The second-order valence-corrected chi connectivity index (χ2v) is 7.88. The number of halogens is 1. The van der Waals surface area contributed by atoms with Gasteiger partial charge in [-0.15, -0.1) is 0 Å². The summed E-state index contributed by atoms with van der Waals surface area (Å²) in [6.45, 7) is 8.37. The van der Waals surface area contributed by atoms with Crippen LogP contribution in [0.3, 0.4) is 0 Å². The van der Waals surface area contributed by atoms with Crippen molar-refractivity contribution in [1.29, 1.82) is 0 Å². The molecule has 0 saturated heterocycles. The first-order valence-electron chi connectivity index (χ1n) is 8.36. The van der Waals surface area contributed by atoms with Crippen LogP contribution in [0, 0.1) is 0 Å². The third-order valence-corrected chi connectivity index (χ3v) is 3.89. The van der Waals surface area contributed by atoms with Gasteiger partial charge in [0, 0.05) is 15.8 Å². The molecule has 0 aliphatic heterocycles. The van der Waals surface area contributed by atoms with E-state index in [1.54, 1.807) is 46.8 Å². The van der Waals surface area contributed by atoms with Gasteiger partial charge in [-0.2, -0.15) is 0 Å². The van der Waals surface area contributed by atoms with E-state index in [0.29, 0.717) is 10.8 Å². The van der Waals surface area contributed by atoms with Gasteiger partial charge in [0.05, 0.1) is 0 Å². The molecule has 26 heavy (non-hydrogen) atoms. The molecule has 0 atom stereocenters. The number of esters is 1. The fraction of sp³-hybridized carbons (Fsp3) is 0.400. The minimum Gasteiger partial charge on any atom is -0.477 e. The van der Waals surface area contributed by atoms with Gasteiger partial charge in [-0.05, 0) is 46.8 Å². The molecule has 0 saturated carbocycles. The Balaban J connectivity index is 2.10. The first-order valence-corrected chi connectivity index (χ1v) is 8.74. The summed E-state index contributed by atoms with van der Waals surface area (Å²) >= 11 is 6.21. The highest BCUT2D eigenvalue weighted by Gasteiger charge is 2.31. The zero-order valence-corrected chi connectivity index (χ0v) is 16.4. The molecular weight excluding hydrogens is 354 g/mol. The van der Waals surface area contributed by atoms with E-state index < -0.39 is 23.1 Å². The van der Waals surface area contributed by atoms with Gasteiger partial charge < -0.3 is 14.8 Å². The maximum atomic E-state index is 12.5. The second-order valence-electron chi connectivity index (χ2n) is 7.47. The molecule has 140 valence electrons. The Bertz CT molecular complexity index is 824. The van der Waals surface area contributed by atoms with Crippen LogP contribution in [-0.2, 0) is 14.3 Å². The van der Waals surface area contributed by atoms with Crippen LogP contribution >= 0.6 is 11.6 Å². The number of hydrogen-bond donors (Lipinski definition) is 1. The number of rotatable bonds is 5. The normalized spacial score (nSPS) is 11.9. The van der Waals surface area contributed by atoms with Crippen LogP contribution in [-0.4, -0.2) is 29.6 Å². The second kappa shape index (κ2) is 7.54. The number of carbonyl (C=O) groups is 2. The van der Waals surface area contributed by atoms with Crippen molar-refractivity contribution in [3.63, 3.8) is 0 Å². The van der Waals surface area contributed by atoms with Gasteiger partial charge in [0.15, 0.2) is 5.60 Å². The van der Waals surface area contributed by atoms with Gasteiger partial charge >= 0.3 is 5.97 Å². The van der Waals surface area contributed by atoms with Crippen molar-refractivity contribution in [3.8, 4) is 5.75 Å². The molecule has 2 rings (SSSR count). The van der Waals surface area contributed by atoms with Crippen LogP contribution in [0.15, 0.2) is 36.4 Å². The molecule has 0 heterocycles. The Morgan fingerprint density at radius 1 is 1.00 bits per heavy atom. The molecule has 1 N–H and O–H groups in total. The van der Waals surface area contributed by atoms with Gasteiger partial charge in [-0.25, -0.2) is 0 Å². The van der Waals surface area contributed by atoms with Crippen LogP contribution in [0.4, 0.5) is 0 Å². The topological polar surface area (TPSA) is 64.6 Å². The number of benzene rings is 2. The van der Waals surface area contributed by atoms with Crippen LogP contribution in [0.1, 0.15) is 34.6 Å². The fourth-order valence-electron chi connectivity index (χ4n) is 2.39. The number of ether oxygens (including phenoxy) is 2. The monoisotopic (exact) mass is 377 g/mol. The lowest BCUT2D eigenvalue weighted by molar-refractivity contribution is -0.155. The quantitative estimate of drug-likeness (QED) is 0.796. The molecule has 0 spiro atoms. The minimum atomic E-state index is -1.18. The lowest BCUT2D eigenvalue weighted by Crippen LogP contribution is -2.48. The zero-order chi connectivity index (χ0) is 19.5. The third kappa shape index (κ3) is 5.11. The average Bonchev–Trinajstić information content (AvgIpc) is 2.54. The van der Waals surface area contributed by atoms with E-state index in [1.807, 2.05) is 24.3 Å². The van der Waals surface area contributed by atoms with Gasteiger partial charge in [0.25, 0.3) is 5.91 Å². The van der Waals surface area contributed by atoms with Crippen molar-refractivity contribution < 1.29 is 19.1 Å². The number of amides is 1. The maximum Gasteiger partial charge on any atom is 0.325 e. The van der Waals surface area contributed by atoms with E-state index in [1.165, 1.54) is 0 Å². The smallest absolute Gasteiger partial charge is 0.325 e. The molecule has 0 aromatic heterocycles. The lowest BCUT2D eigenvalue weighted by atomic mass is 10.1. The molecule has 0 radical (unpaired) electrons. The summed E-state index contributed by atoms with van der Waals surface area (Å²) in [5.41, 5.74) is -1.78. The molecule has 0 bridgehead atoms. The summed E-state index contributed by atoms with van der Waals surface area (Å²) in [5.74, 6) is -0.372. The van der Waals surface area contributed by atoms with E-state index in [4.69, 9.17) is 21.1 Å². The van der Waals surface area contributed by atoms with Crippen LogP contribution in [0.5, 0.6) is 5.75 Å². The molecule has 6 heteroatoms. The van der Waals surface area contributed by atoms with Crippen LogP contribution in [0.25, 0.3) is 10.8 Å². The summed E-state index contributed by atoms with van der Waals surface area (Å²) in [6.07, 6.45) is 0. The van der Waals surface area contributed by atoms with Gasteiger partial charge in [0.1, 0.15) is 17.9 Å². The summed E-state index contributed by atoms with van der Waals surface area (Å²) in [6, 6.07) is 11.0. The minimum absolute atomic E-state index is 0.218. The molecule has 2 aromatic carbocycles. The van der Waals surface area contributed by atoms with E-state index >= 15 is 0 Å². The maximum absolute atomic E-state index is 12.5. The Morgan fingerprint density at radius 2 is 1.62 bits per heavy atom. The standard InChI is InChI=1S/C20H24ClNO4/c1-19(2,3)26-17(23)12-22-18(24)20(4,5)25-16-11-10-15(21)13-8-6-7-9-14(13)16/h6-11H,12H2,1-5H3,(H,22,24). The molecule has 1 amide bonds. The molecular formula is C20H24ClNO4. The Hall–Kier alpha value is -2.27. The fourth-order valence-corrected chi connectivity index (χ4v) is 2.62. The predicted molar refractivity (Wildman–Crippen MR) is 103 cm³/mol. The highest BCUT2D eigenvalue weighted by Crippen LogP contribution is 2.33. The molecule has 0 fully saturated rings.